The molecule has 4 rings (SSSR count). The van der Waals surface area contributed by atoms with Crippen molar-refractivity contribution in [1.29, 1.82) is 0 Å². The van der Waals surface area contributed by atoms with Gasteiger partial charge >= 0.3 is 0 Å². The number of carbonyl (C=O) groups is 1. The summed E-state index contributed by atoms with van der Waals surface area (Å²) in [4.78, 5) is 15.3. The van der Waals surface area contributed by atoms with Crippen LogP contribution in [0.2, 0.25) is 5.02 Å². The molecular weight excluding hydrogens is 432 g/mol. The maximum atomic E-state index is 12.9. The van der Waals surface area contributed by atoms with E-state index in [2.05, 4.69) is 41.4 Å². The standard InChI is InChI=1S/C28H31ClN2O2/c1-20-7-6-16-31(18-20)25-14-12-22(13-15-25)21(2)30-28(32)23-9-5-10-26(17-23)33-19-24-8-3-4-11-27(24)29/h3-5,8-15,17,20-21H,6-7,16,18-19H2,1-2H3,(H,30,32)/t20-,21-/m0/s1. The molecule has 1 aliphatic heterocycles. The first-order valence-electron chi connectivity index (χ1n) is 11.6. The van der Waals surface area contributed by atoms with E-state index in [1.165, 1.54) is 18.5 Å². The molecule has 1 amide bonds. The third-order valence-corrected chi connectivity index (χ3v) is 6.58. The number of hydrogen-bond donors (Lipinski definition) is 1. The summed E-state index contributed by atoms with van der Waals surface area (Å²) in [6.45, 7) is 6.90. The largest absolute Gasteiger partial charge is 0.489 e. The Kier molecular flexibility index (Phi) is 7.56. The van der Waals surface area contributed by atoms with Gasteiger partial charge in [0.15, 0.2) is 0 Å². The van der Waals surface area contributed by atoms with E-state index in [1.807, 2.05) is 43.3 Å². The summed E-state index contributed by atoms with van der Waals surface area (Å²) in [7, 11) is 0. The molecule has 0 unspecified atom stereocenters. The number of carbonyl (C=O) groups excluding carboxylic acids is 1. The van der Waals surface area contributed by atoms with E-state index >= 15 is 0 Å². The van der Waals surface area contributed by atoms with Crippen LogP contribution in [0, 0.1) is 5.92 Å². The third kappa shape index (κ3) is 6.08. The summed E-state index contributed by atoms with van der Waals surface area (Å²) in [5.74, 6) is 1.25. The topological polar surface area (TPSA) is 41.6 Å². The molecule has 4 nitrogen and oxygen atoms in total. The Morgan fingerprint density at radius 1 is 1.12 bits per heavy atom. The van der Waals surface area contributed by atoms with Crippen molar-refractivity contribution in [1.82, 2.24) is 5.32 Å². The molecule has 3 aromatic carbocycles. The van der Waals surface area contributed by atoms with Gasteiger partial charge in [-0.2, -0.15) is 0 Å². The molecule has 2 atom stereocenters. The smallest absolute Gasteiger partial charge is 0.251 e. The Bertz CT molecular complexity index is 1080. The van der Waals surface area contributed by atoms with Crippen LogP contribution in [0.3, 0.4) is 0 Å². The van der Waals surface area contributed by atoms with E-state index in [1.54, 1.807) is 12.1 Å². The van der Waals surface area contributed by atoms with E-state index in [-0.39, 0.29) is 11.9 Å². The predicted molar refractivity (Wildman–Crippen MR) is 135 cm³/mol. The molecule has 3 aromatic rings. The van der Waals surface area contributed by atoms with Crippen molar-refractivity contribution >= 4 is 23.2 Å². The first-order valence-corrected chi connectivity index (χ1v) is 12.0. The molecule has 1 saturated heterocycles. The van der Waals surface area contributed by atoms with Gasteiger partial charge in [0.25, 0.3) is 5.91 Å². The van der Waals surface area contributed by atoms with Crippen LogP contribution < -0.4 is 15.0 Å². The Balaban J connectivity index is 1.35. The molecule has 5 heteroatoms. The van der Waals surface area contributed by atoms with Crippen LogP contribution in [0.5, 0.6) is 5.75 Å². The van der Waals surface area contributed by atoms with Crippen LogP contribution in [0.25, 0.3) is 0 Å². The lowest BCUT2D eigenvalue weighted by Crippen LogP contribution is -2.34. The molecule has 0 spiro atoms. The zero-order valence-corrected chi connectivity index (χ0v) is 20.0. The Morgan fingerprint density at radius 3 is 2.67 bits per heavy atom. The van der Waals surface area contributed by atoms with E-state index < -0.39 is 0 Å². The normalized spacial score (nSPS) is 16.8. The molecule has 0 radical (unpaired) electrons. The van der Waals surface area contributed by atoms with Gasteiger partial charge in [-0.3, -0.25) is 4.79 Å². The second-order valence-corrected chi connectivity index (χ2v) is 9.30. The molecule has 1 heterocycles. The average Bonchev–Trinajstić information content (AvgIpc) is 2.84. The van der Waals surface area contributed by atoms with Crippen molar-refractivity contribution in [3.63, 3.8) is 0 Å². The summed E-state index contributed by atoms with van der Waals surface area (Å²) < 4.78 is 5.86. The number of rotatable bonds is 7. The van der Waals surface area contributed by atoms with Gasteiger partial charge in [0, 0.05) is 34.9 Å². The van der Waals surface area contributed by atoms with Crippen LogP contribution in [0.1, 0.15) is 54.2 Å². The number of nitrogens with zero attached hydrogens (tertiary/aromatic N) is 1. The fourth-order valence-corrected chi connectivity index (χ4v) is 4.45. The molecule has 172 valence electrons. The van der Waals surface area contributed by atoms with Crippen molar-refractivity contribution in [3.8, 4) is 5.75 Å². The minimum Gasteiger partial charge on any atom is -0.489 e. The van der Waals surface area contributed by atoms with E-state index in [9.17, 15) is 4.79 Å². The second-order valence-electron chi connectivity index (χ2n) is 8.89. The minimum absolute atomic E-state index is 0.0977. The van der Waals surface area contributed by atoms with Crippen molar-refractivity contribution in [3.05, 3.63) is 94.5 Å². The van der Waals surface area contributed by atoms with Gasteiger partial charge in [-0.1, -0.05) is 54.9 Å². The van der Waals surface area contributed by atoms with Crippen LogP contribution in [-0.2, 0) is 6.61 Å². The van der Waals surface area contributed by atoms with Crippen molar-refractivity contribution < 1.29 is 9.53 Å². The second kappa shape index (κ2) is 10.8. The summed E-state index contributed by atoms with van der Waals surface area (Å²) in [6, 6.07) is 23.3. The maximum Gasteiger partial charge on any atom is 0.251 e. The number of nitrogens with one attached hydrogen (secondary N) is 1. The van der Waals surface area contributed by atoms with Crippen LogP contribution >= 0.6 is 11.6 Å². The Morgan fingerprint density at radius 2 is 1.91 bits per heavy atom. The lowest BCUT2D eigenvalue weighted by Gasteiger charge is -2.33. The SMILES string of the molecule is C[C@H]1CCCN(c2ccc([C@H](C)NC(=O)c3cccc(OCc4ccccc4Cl)c3)cc2)C1. The zero-order chi connectivity index (χ0) is 23.2. The van der Waals surface area contributed by atoms with Crippen LogP contribution in [0.4, 0.5) is 5.69 Å². The van der Waals surface area contributed by atoms with Gasteiger partial charge in [-0.25, -0.2) is 0 Å². The molecular formula is C28H31ClN2O2. The van der Waals surface area contributed by atoms with Crippen LogP contribution in [-0.4, -0.2) is 19.0 Å². The van der Waals surface area contributed by atoms with Gasteiger partial charge in [-0.05, 0) is 67.6 Å². The van der Waals surface area contributed by atoms with Crippen LogP contribution in [0.15, 0.2) is 72.8 Å². The lowest BCUT2D eigenvalue weighted by molar-refractivity contribution is 0.0939. The molecule has 33 heavy (non-hydrogen) atoms. The minimum atomic E-state index is -0.125. The molecule has 0 saturated carbocycles. The average molecular weight is 463 g/mol. The fraction of sp³-hybridized carbons (Fsp3) is 0.321. The molecule has 1 N–H and O–H groups in total. The number of piperidine rings is 1. The number of hydrogen-bond acceptors (Lipinski definition) is 3. The number of amides is 1. The van der Waals surface area contributed by atoms with Crippen molar-refractivity contribution in [2.75, 3.05) is 18.0 Å². The molecule has 0 bridgehead atoms. The molecule has 0 aromatic heterocycles. The quantitative estimate of drug-likeness (QED) is 0.427. The number of anilines is 1. The highest BCUT2D eigenvalue weighted by molar-refractivity contribution is 6.31. The predicted octanol–water partition coefficient (Wildman–Crippen LogP) is 6.65. The highest BCUT2D eigenvalue weighted by atomic mass is 35.5. The van der Waals surface area contributed by atoms with Crippen molar-refractivity contribution in [2.24, 2.45) is 5.92 Å². The first kappa shape index (κ1) is 23.2. The molecule has 1 fully saturated rings. The Labute approximate surface area is 201 Å². The summed E-state index contributed by atoms with van der Waals surface area (Å²) in [5, 5.41) is 3.77. The van der Waals surface area contributed by atoms with Gasteiger partial charge in [0.05, 0.1) is 6.04 Å². The van der Waals surface area contributed by atoms with E-state index in [0.717, 1.165) is 30.1 Å². The molecule has 0 aliphatic carbocycles. The number of benzene rings is 3. The maximum absolute atomic E-state index is 12.9. The summed E-state index contributed by atoms with van der Waals surface area (Å²) in [5.41, 5.74) is 3.82. The van der Waals surface area contributed by atoms with Gasteiger partial charge in [0.1, 0.15) is 12.4 Å². The zero-order valence-electron chi connectivity index (χ0n) is 19.3. The van der Waals surface area contributed by atoms with Gasteiger partial charge in [-0.15, -0.1) is 0 Å². The lowest BCUT2D eigenvalue weighted by atomic mass is 9.99. The van der Waals surface area contributed by atoms with Gasteiger partial charge in [0.2, 0.25) is 0 Å². The molecule has 1 aliphatic rings. The monoisotopic (exact) mass is 462 g/mol. The third-order valence-electron chi connectivity index (χ3n) is 6.21. The van der Waals surface area contributed by atoms with E-state index in [0.29, 0.717) is 22.9 Å². The number of halogens is 1. The summed E-state index contributed by atoms with van der Waals surface area (Å²) >= 11 is 6.20. The fourth-order valence-electron chi connectivity index (χ4n) is 4.26. The summed E-state index contributed by atoms with van der Waals surface area (Å²) in [6.07, 6.45) is 2.56. The van der Waals surface area contributed by atoms with Gasteiger partial charge < -0.3 is 15.0 Å². The highest BCUT2D eigenvalue weighted by Gasteiger charge is 2.17. The number of ether oxygens (including phenoxy) is 1. The highest BCUT2D eigenvalue weighted by Crippen LogP contribution is 2.25. The Hall–Kier alpha value is -2.98. The first-order chi connectivity index (χ1) is 16.0. The van der Waals surface area contributed by atoms with Crippen molar-refractivity contribution in [2.45, 2.75) is 39.3 Å². The van der Waals surface area contributed by atoms with E-state index in [4.69, 9.17) is 16.3 Å².